The maximum Gasteiger partial charge on any atom is 0.0215 e. The lowest BCUT2D eigenvalue weighted by atomic mass is 9.69. The van der Waals surface area contributed by atoms with Crippen molar-refractivity contribution in [2.24, 2.45) is 0 Å². The van der Waals surface area contributed by atoms with Crippen LogP contribution >= 0.6 is 0 Å². The Morgan fingerprint density at radius 1 is 0.213 bits per heavy atom. The minimum absolute atomic E-state index is 0.0112. The molecule has 0 saturated carbocycles. The molecule has 0 heterocycles. The van der Waals surface area contributed by atoms with Crippen LogP contribution in [-0.4, -0.2) is 0 Å². The van der Waals surface area contributed by atoms with Gasteiger partial charge in [-0.3, -0.25) is 0 Å². The van der Waals surface area contributed by atoms with Crippen molar-refractivity contribution in [2.75, 3.05) is 0 Å². The van der Waals surface area contributed by atoms with Gasteiger partial charge in [-0.05, 0) is 152 Å². The van der Waals surface area contributed by atoms with Crippen molar-refractivity contribution in [1.29, 1.82) is 0 Å². The summed E-state index contributed by atoms with van der Waals surface area (Å²) in [6.45, 7) is 14.2. The molecule has 3 aliphatic rings. The predicted octanol–water partition coefficient (Wildman–Crippen LogP) is 23.6. The first-order chi connectivity index (χ1) is 36.9. The van der Waals surface area contributed by atoms with E-state index in [0.29, 0.717) is 0 Å². The zero-order chi connectivity index (χ0) is 52.1. The van der Waals surface area contributed by atoms with E-state index in [1.165, 1.54) is 248 Å². The second-order valence-electron chi connectivity index (χ2n) is 24.2. The van der Waals surface area contributed by atoms with Gasteiger partial charge in [0.15, 0.2) is 0 Å². The molecule has 0 aromatic heterocycles. The van der Waals surface area contributed by atoms with E-state index in [-0.39, 0.29) is 16.2 Å². The molecule has 0 saturated heterocycles. The summed E-state index contributed by atoms with van der Waals surface area (Å²) in [5.74, 6) is 0. The lowest BCUT2D eigenvalue weighted by Gasteiger charge is -2.34. The summed E-state index contributed by atoms with van der Waals surface area (Å²) in [4.78, 5) is 0. The van der Waals surface area contributed by atoms with Crippen molar-refractivity contribution >= 4 is 0 Å². The highest BCUT2D eigenvalue weighted by Gasteiger charge is 2.46. The second kappa shape index (κ2) is 26.1. The number of benzene rings is 6. The van der Waals surface area contributed by atoms with Crippen LogP contribution in [0.25, 0.3) is 55.6 Å². The van der Waals surface area contributed by atoms with Gasteiger partial charge in [-0.15, -0.1) is 0 Å². The molecule has 0 atom stereocenters. The maximum absolute atomic E-state index is 2.72. The van der Waals surface area contributed by atoms with Crippen LogP contribution in [0.2, 0.25) is 0 Å². The van der Waals surface area contributed by atoms with E-state index in [4.69, 9.17) is 0 Å². The Morgan fingerprint density at radius 2 is 0.427 bits per heavy atom. The molecule has 0 radical (unpaired) electrons. The molecule has 6 aromatic carbocycles. The SMILES string of the molecule is CCCCCCC1(CCCCCC)c2ccccc2-c2ccc(-c3ccc4c(c3)C(CCCCCC)(CCCCCC)c3cc(-c5ccc6c(c5)C(CCCCCC)(CCCCCC)c5ccccc5-6)ccc3-4)cc21. The minimum Gasteiger partial charge on any atom is -0.0654 e. The zero-order valence-electron chi connectivity index (χ0n) is 48.3. The summed E-state index contributed by atoms with van der Waals surface area (Å²) >= 11 is 0. The standard InChI is InChI=1S/C75H98/c1-7-13-19-29-47-73(48-30-20-14-8-2)67-37-27-25-35-61(67)63-43-39-57(53-69(63)73)59-41-45-65-66-46-42-60(56-72(66)75(71(65)55-59,51-33-23-17-11-5)52-34-24-18-12-6)58-40-44-64-62-36-26-28-38-68(62)74(70(64)54-58,49-31-21-15-9-3)50-32-22-16-10-4/h25-28,35-46,53-56H,7-24,29-34,47-52H2,1-6H3. The van der Waals surface area contributed by atoms with Crippen LogP contribution in [0.15, 0.2) is 121 Å². The molecule has 0 heteroatoms. The van der Waals surface area contributed by atoms with E-state index in [1.54, 1.807) is 33.4 Å². The molecule has 0 bridgehead atoms. The third-order valence-corrected chi connectivity index (χ3v) is 19.3. The van der Waals surface area contributed by atoms with Gasteiger partial charge < -0.3 is 0 Å². The minimum atomic E-state index is -0.0112. The van der Waals surface area contributed by atoms with E-state index in [2.05, 4.69) is 163 Å². The van der Waals surface area contributed by atoms with Crippen LogP contribution in [-0.2, 0) is 16.2 Å². The fraction of sp³-hybridized carbons (Fsp3) is 0.520. The highest BCUT2D eigenvalue weighted by Crippen LogP contribution is 2.59. The van der Waals surface area contributed by atoms with Gasteiger partial charge >= 0.3 is 0 Å². The Bertz CT molecular complexity index is 2560. The van der Waals surface area contributed by atoms with Crippen molar-refractivity contribution < 1.29 is 0 Å². The first-order valence-corrected chi connectivity index (χ1v) is 31.7. The van der Waals surface area contributed by atoms with Crippen LogP contribution < -0.4 is 0 Å². The van der Waals surface area contributed by atoms with Gasteiger partial charge in [-0.1, -0.05) is 293 Å². The number of rotatable bonds is 32. The van der Waals surface area contributed by atoms with Crippen LogP contribution in [0, 0.1) is 0 Å². The number of fused-ring (bicyclic) bond motifs is 9. The average molecular weight is 1000 g/mol. The van der Waals surface area contributed by atoms with Crippen molar-refractivity contribution in [3.8, 4) is 55.6 Å². The Labute approximate surface area is 458 Å². The second-order valence-corrected chi connectivity index (χ2v) is 24.2. The van der Waals surface area contributed by atoms with Crippen molar-refractivity contribution in [3.63, 3.8) is 0 Å². The van der Waals surface area contributed by atoms with E-state index < -0.39 is 0 Å². The molecule has 0 spiro atoms. The fourth-order valence-corrected chi connectivity index (χ4v) is 15.2. The predicted molar refractivity (Wildman–Crippen MR) is 329 cm³/mol. The highest BCUT2D eigenvalue weighted by atomic mass is 14.5. The Morgan fingerprint density at radius 3 is 0.667 bits per heavy atom. The summed E-state index contributed by atoms with van der Waals surface area (Å²) in [6.07, 6.45) is 38.8. The summed E-state index contributed by atoms with van der Waals surface area (Å²) in [5.41, 5.74) is 24.3. The van der Waals surface area contributed by atoms with Crippen LogP contribution in [0.3, 0.4) is 0 Å². The smallest absolute Gasteiger partial charge is 0.0215 e. The van der Waals surface area contributed by atoms with Crippen molar-refractivity contribution in [1.82, 2.24) is 0 Å². The molecule has 398 valence electrons. The third-order valence-electron chi connectivity index (χ3n) is 19.3. The van der Waals surface area contributed by atoms with E-state index in [0.717, 1.165) is 0 Å². The molecule has 75 heavy (non-hydrogen) atoms. The molecule has 0 amide bonds. The van der Waals surface area contributed by atoms with Crippen molar-refractivity contribution in [3.05, 3.63) is 155 Å². The van der Waals surface area contributed by atoms with Crippen LogP contribution in [0.1, 0.15) is 268 Å². The molecule has 0 aliphatic heterocycles. The van der Waals surface area contributed by atoms with Gasteiger partial charge in [-0.25, -0.2) is 0 Å². The summed E-state index contributed by atoms with van der Waals surface area (Å²) in [5, 5.41) is 0. The van der Waals surface area contributed by atoms with Crippen LogP contribution in [0.5, 0.6) is 0 Å². The zero-order valence-corrected chi connectivity index (χ0v) is 48.3. The Kier molecular flexibility index (Phi) is 19.2. The highest BCUT2D eigenvalue weighted by molar-refractivity contribution is 5.89. The van der Waals surface area contributed by atoms with Gasteiger partial charge in [0.1, 0.15) is 0 Å². The normalized spacial score (nSPS) is 14.9. The molecule has 9 rings (SSSR count). The lowest BCUT2D eigenvalue weighted by molar-refractivity contribution is 0.400. The number of unbranched alkanes of at least 4 members (excludes halogenated alkanes) is 18. The molecular weight excluding hydrogens is 901 g/mol. The lowest BCUT2D eigenvalue weighted by Crippen LogP contribution is -2.26. The molecule has 0 fully saturated rings. The van der Waals surface area contributed by atoms with E-state index in [9.17, 15) is 0 Å². The Balaban J connectivity index is 1.15. The van der Waals surface area contributed by atoms with Gasteiger partial charge in [0.2, 0.25) is 0 Å². The Hall–Kier alpha value is -4.68. The van der Waals surface area contributed by atoms with Gasteiger partial charge in [0.25, 0.3) is 0 Å². The van der Waals surface area contributed by atoms with Crippen LogP contribution in [0.4, 0.5) is 0 Å². The van der Waals surface area contributed by atoms with E-state index >= 15 is 0 Å². The van der Waals surface area contributed by atoms with Gasteiger partial charge in [-0.2, -0.15) is 0 Å². The molecule has 0 N–H and O–H groups in total. The first kappa shape index (κ1) is 55.1. The average Bonchev–Trinajstić information content (AvgIpc) is 4.07. The quantitative estimate of drug-likeness (QED) is 0.0370. The summed E-state index contributed by atoms with van der Waals surface area (Å²) < 4.78 is 0. The fourth-order valence-electron chi connectivity index (χ4n) is 15.2. The summed E-state index contributed by atoms with van der Waals surface area (Å²) in [6, 6.07) is 50.1. The molecule has 0 unspecified atom stereocenters. The molecule has 3 aliphatic carbocycles. The summed E-state index contributed by atoms with van der Waals surface area (Å²) in [7, 11) is 0. The van der Waals surface area contributed by atoms with Gasteiger partial charge in [0, 0.05) is 16.2 Å². The van der Waals surface area contributed by atoms with Gasteiger partial charge in [0.05, 0.1) is 0 Å². The number of hydrogen-bond acceptors (Lipinski definition) is 0. The first-order valence-electron chi connectivity index (χ1n) is 31.7. The monoisotopic (exact) mass is 999 g/mol. The largest absolute Gasteiger partial charge is 0.0654 e. The maximum atomic E-state index is 2.72. The molecular formula is C75H98. The molecule has 0 nitrogen and oxygen atoms in total. The number of hydrogen-bond donors (Lipinski definition) is 0. The topological polar surface area (TPSA) is 0 Å². The third kappa shape index (κ3) is 11.2. The van der Waals surface area contributed by atoms with E-state index in [1.807, 2.05) is 0 Å². The van der Waals surface area contributed by atoms with Crippen molar-refractivity contribution in [2.45, 2.75) is 250 Å². The molecule has 6 aromatic rings.